The second-order valence-electron chi connectivity index (χ2n) is 9.19. The van der Waals surface area contributed by atoms with Crippen molar-refractivity contribution in [1.29, 1.82) is 5.39 Å². The number of benzene rings is 1. The van der Waals surface area contributed by atoms with E-state index in [1.165, 1.54) is 7.11 Å². The highest BCUT2D eigenvalue weighted by atomic mass is 28.4. The Bertz CT molecular complexity index is 761. The monoisotopic (exact) mass is 436 g/mol. The quantitative estimate of drug-likeness (QED) is 0.268. The number of methoxy groups -OCH3 is 2. The van der Waals surface area contributed by atoms with Crippen molar-refractivity contribution in [3.8, 4) is 5.75 Å². The number of aliphatic hydroxyl groups excluding tert-OH is 1. The van der Waals surface area contributed by atoms with Crippen molar-refractivity contribution in [2.24, 2.45) is 0 Å². The van der Waals surface area contributed by atoms with Crippen LogP contribution in [0.25, 0.3) is 4.98 Å². The van der Waals surface area contributed by atoms with Gasteiger partial charge in [-0.2, -0.15) is 0 Å². The molecule has 0 fully saturated rings. The maximum absolute atomic E-state index is 13.3. The van der Waals surface area contributed by atoms with Crippen LogP contribution in [0.2, 0.25) is 39.3 Å². The third kappa shape index (κ3) is 6.61. The van der Waals surface area contributed by atoms with Crippen molar-refractivity contribution in [3.63, 3.8) is 0 Å². The molecule has 1 aromatic carbocycles. The molecule has 1 N–H and O–H groups in total. The van der Waals surface area contributed by atoms with Crippen molar-refractivity contribution < 1.29 is 19.4 Å². The minimum atomic E-state index is -1.83. The van der Waals surface area contributed by atoms with Gasteiger partial charge in [-0.05, 0) is 24.1 Å². The van der Waals surface area contributed by atoms with Gasteiger partial charge in [0.25, 0.3) is 0 Å². The predicted molar refractivity (Wildman–Crippen MR) is 121 cm³/mol. The molecule has 9 heteroatoms. The number of rotatable bonds is 9. The highest BCUT2D eigenvalue weighted by molar-refractivity contribution is 6.96. The third-order valence-electron chi connectivity index (χ3n) is 4.71. The van der Waals surface area contributed by atoms with Gasteiger partial charge in [-0.3, -0.25) is 4.79 Å². The molecule has 0 aliphatic heterocycles. The minimum Gasteiger partial charge on any atom is -0.497 e. The number of ether oxygens (including phenoxy) is 2. The number of amides is 1. The summed E-state index contributed by atoms with van der Waals surface area (Å²) >= 11 is 0. The molecule has 0 spiro atoms. The lowest BCUT2D eigenvalue weighted by molar-refractivity contribution is -0.127. The molecule has 0 aliphatic carbocycles. The van der Waals surface area contributed by atoms with Crippen LogP contribution in [-0.4, -0.2) is 58.1 Å². The molecular formula is C20H34N3O4Si2+. The molecule has 0 aliphatic rings. The van der Waals surface area contributed by atoms with Crippen LogP contribution in [0.15, 0.2) is 35.9 Å². The Morgan fingerprint density at radius 2 is 1.62 bits per heavy atom. The number of carbonyl (C=O) groups is 1. The normalized spacial score (nSPS) is 12.8. The van der Waals surface area contributed by atoms with Gasteiger partial charge in [0.15, 0.2) is 4.98 Å². The number of hydrogen-bond donors (Lipinski definition) is 1. The van der Waals surface area contributed by atoms with E-state index in [-0.39, 0.29) is 5.29 Å². The summed E-state index contributed by atoms with van der Waals surface area (Å²) in [6, 6.07) is 7.72. The molecule has 0 atom stereocenters. The summed E-state index contributed by atoms with van der Waals surface area (Å²) in [5, 5.41) is 19.4. The molecule has 0 saturated carbocycles. The van der Waals surface area contributed by atoms with Gasteiger partial charge >= 0.3 is 17.5 Å². The van der Waals surface area contributed by atoms with E-state index < -0.39 is 33.7 Å². The van der Waals surface area contributed by atoms with Gasteiger partial charge in [0.05, 0.1) is 30.4 Å². The molecule has 1 aromatic rings. The van der Waals surface area contributed by atoms with Crippen LogP contribution >= 0.6 is 0 Å². The van der Waals surface area contributed by atoms with Crippen LogP contribution < -0.4 is 4.74 Å². The lowest BCUT2D eigenvalue weighted by Gasteiger charge is -2.45. The zero-order valence-corrected chi connectivity index (χ0v) is 20.8. The fourth-order valence-electron chi connectivity index (χ4n) is 4.03. The lowest BCUT2D eigenvalue weighted by atomic mass is 10.1. The van der Waals surface area contributed by atoms with Gasteiger partial charge in [-0.25, -0.2) is 0 Å². The number of diazo groups is 1. The fourth-order valence-corrected chi connectivity index (χ4v) is 16.8. The van der Waals surface area contributed by atoms with E-state index in [0.717, 1.165) is 11.3 Å². The Balaban J connectivity index is 3.36. The van der Waals surface area contributed by atoms with Crippen LogP contribution in [0.1, 0.15) is 5.56 Å². The fraction of sp³-hybridized carbons (Fsp3) is 0.550. The summed E-state index contributed by atoms with van der Waals surface area (Å²) < 4.78 is 9.96. The van der Waals surface area contributed by atoms with Gasteiger partial charge in [0.2, 0.25) is 5.39 Å². The van der Waals surface area contributed by atoms with Gasteiger partial charge in [0, 0.05) is 11.8 Å². The van der Waals surface area contributed by atoms with E-state index in [0.29, 0.717) is 13.0 Å². The maximum atomic E-state index is 13.3. The lowest BCUT2D eigenvalue weighted by Crippen LogP contribution is -2.65. The molecule has 1 rings (SSSR count). The van der Waals surface area contributed by atoms with Crippen LogP contribution in [-0.2, 0) is 16.0 Å². The van der Waals surface area contributed by atoms with Gasteiger partial charge in [-0.15, -0.1) is 0 Å². The van der Waals surface area contributed by atoms with E-state index >= 15 is 0 Å². The summed E-state index contributed by atoms with van der Waals surface area (Å²) in [6.07, 6.45) is 0.633. The molecule has 0 bridgehead atoms. The molecule has 7 nitrogen and oxygen atoms in total. The summed E-state index contributed by atoms with van der Waals surface area (Å²) in [7, 11) is -0.804. The molecule has 0 heterocycles. The molecule has 0 aromatic heterocycles. The molecular weight excluding hydrogens is 402 g/mol. The van der Waals surface area contributed by atoms with Crippen LogP contribution in [0, 0.1) is 5.39 Å². The zero-order chi connectivity index (χ0) is 22.4. The number of carbonyl (C=O) groups excluding carboxylic acids is 1. The van der Waals surface area contributed by atoms with Gasteiger partial charge in [0.1, 0.15) is 5.75 Å². The Hall–Kier alpha value is -2.32. The smallest absolute Gasteiger partial charge is 0.497 e. The van der Waals surface area contributed by atoms with Crippen molar-refractivity contribution in [2.45, 2.75) is 51.0 Å². The van der Waals surface area contributed by atoms with E-state index in [9.17, 15) is 15.3 Å². The standard InChI is InChI=1S/C20H33N3O4Si2/c1-26-16-11-9-15(10-12-16)13-14-23(18(24)17(22-21)19(25)27-2)20(28(3,4)5)29(6,7)8/h9-12,20H,13-14H2,1-8H3/p+1. The van der Waals surface area contributed by atoms with E-state index in [1.54, 1.807) is 12.0 Å². The third-order valence-corrected chi connectivity index (χ3v) is 13.8. The first-order chi connectivity index (χ1) is 13.4. The first kappa shape index (κ1) is 24.7. The Morgan fingerprint density at radius 1 is 1.10 bits per heavy atom. The second kappa shape index (κ2) is 9.94. The highest BCUT2D eigenvalue weighted by Gasteiger charge is 2.47. The van der Waals surface area contributed by atoms with Gasteiger partial charge < -0.3 is 19.5 Å². The molecule has 0 saturated heterocycles. The highest BCUT2D eigenvalue weighted by Crippen LogP contribution is 2.27. The minimum absolute atomic E-state index is 0.0714. The van der Waals surface area contributed by atoms with E-state index in [4.69, 9.17) is 9.47 Å². The number of aliphatic hydroxyl groups is 1. The molecule has 0 radical (unpaired) electrons. The largest absolute Gasteiger partial charge is 0.527 e. The van der Waals surface area contributed by atoms with Crippen LogP contribution in [0.4, 0.5) is 0 Å². The first-order valence-electron chi connectivity index (χ1n) is 9.63. The SMILES string of the molecule is CO/C(O)=C(\[N+]#N)C(=O)N(CCc1ccc(OC)cc1)C([Si](C)(C)C)[Si](C)(C)C. The average Bonchev–Trinajstić information content (AvgIpc) is 2.63. The summed E-state index contributed by atoms with van der Waals surface area (Å²) in [4.78, 5) is 18.1. The topological polar surface area (TPSA) is 87.2 Å². The van der Waals surface area contributed by atoms with Crippen molar-refractivity contribution in [1.82, 2.24) is 4.90 Å². The first-order valence-corrected chi connectivity index (χ1v) is 16.8. The Kier molecular flexibility index (Phi) is 8.47. The van der Waals surface area contributed by atoms with Crippen molar-refractivity contribution in [3.05, 3.63) is 46.4 Å². The average molecular weight is 437 g/mol. The molecule has 29 heavy (non-hydrogen) atoms. The predicted octanol–water partition coefficient (Wildman–Crippen LogP) is 4.42. The Labute approximate surface area is 176 Å². The van der Waals surface area contributed by atoms with Crippen LogP contribution in [0.3, 0.4) is 0 Å². The maximum Gasteiger partial charge on any atom is 0.527 e. The molecule has 0 unspecified atom stereocenters. The Morgan fingerprint density at radius 3 is 2.00 bits per heavy atom. The van der Waals surface area contributed by atoms with Crippen molar-refractivity contribution in [2.75, 3.05) is 20.8 Å². The second-order valence-corrected chi connectivity index (χ2v) is 20.3. The van der Waals surface area contributed by atoms with E-state index in [2.05, 4.69) is 44.3 Å². The summed E-state index contributed by atoms with van der Waals surface area (Å²) in [5.41, 5.74) is 0.597. The molecule has 160 valence electrons. The van der Waals surface area contributed by atoms with Gasteiger partial charge in [-0.1, -0.05) is 51.4 Å². The summed E-state index contributed by atoms with van der Waals surface area (Å²) in [5.74, 6) is -0.426. The number of hydrogen-bond acceptors (Lipinski definition) is 5. The van der Waals surface area contributed by atoms with Crippen LogP contribution in [0.5, 0.6) is 5.75 Å². The van der Waals surface area contributed by atoms with Crippen molar-refractivity contribution >= 4 is 22.1 Å². The number of nitrogens with zero attached hydrogens (tertiary/aromatic N) is 3. The van der Waals surface area contributed by atoms with E-state index in [1.807, 2.05) is 24.3 Å². The molecule has 1 amide bonds. The zero-order valence-electron chi connectivity index (χ0n) is 18.8. The summed E-state index contributed by atoms with van der Waals surface area (Å²) in [6.45, 7) is 13.9.